The highest BCUT2D eigenvalue weighted by Crippen LogP contribution is 2.37. The van der Waals surface area contributed by atoms with Gasteiger partial charge in [-0.15, -0.1) is 18.2 Å². The minimum absolute atomic E-state index is 0.218. The molecule has 0 radical (unpaired) electrons. The first-order chi connectivity index (χ1) is 7.20. The summed E-state index contributed by atoms with van der Waals surface area (Å²) in [5.74, 6) is 3.99. The highest BCUT2D eigenvalue weighted by molar-refractivity contribution is 7.99. The zero-order valence-corrected chi connectivity index (χ0v) is 9.73. The number of halogens is 1. The van der Waals surface area contributed by atoms with E-state index in [0.29, 0.717) is 5.88 Å². The van der Waals surface area contributed by atoms with Gasteiger partial charge in [0.2, 0.25) is 11.2 Å². The normalized spacial score (nSPS) is 15.5. The van der Waals surface area contributed by atoms with Crippen molar-refractivity contribution in [2.45, 2.75) is 24.3 Å². The fourth-order valence-electron chi connectivity index (χ4n) is 1.29. The fraction of sp³-hybridized carbons (Fsp3) is 0.400. The maximum Gasteiger partial charge on any atom is 0.233 e. The standard InChI is InChI=1S/C10H9ClN2OS/c1-3-6(2)14-9-8-7(4-5-15-8)12-10(11)13-9/h1,6H,4-5H2,2H3. The molecule has 0 aliphatic carbocycles. The number of ether oxygens (including phenoxy) is 1. The van der Waals surface area contributed by atoms with Gasteiger partial charge in [0, 0.05) is 12.2 Å². The summed E-state index contributed by atoms with van der Waals surface area (Å²) in [6, 6.07) is 0. The summed E-state index contributed by atoms with van der Waals surface area (Å²) in [4.78, 5) is 9.17. The molecule has 0 N–H and O–H groups in total. The number of nitrogens with zero attached hydrogens (tertiary/aromatic N) is 2. The summed E-state index contributed by atoms with van der Waals surface area (Å²) >= 11 is 7.47. The summed E-state index contributed by atoms with van der Waals surface area (Å²) in [6.45, 7) is 1.79. The lowest BCUT2D eigenvalue weighted by atomic mass is 10.3. The Morgan fingerprint density at radius 2 is 2.40 bits per heavy atom. The van der Waals surface area contributed by atoms with E-state index in [1.807, 2.05) is 0 Å². The lowest BCUT2D eigenvalue weighted by Crippen LogP contribution is -2.11. The molecule has 0 amide bonds. The van der Waals surface area contributed by atoms with Crippen molar-refractivity contribution in [3.05, 3.63) is 11.0 Å². The van der Waals surface area contributed by atoms with Gasteiger partial charge in [0.25, 0.3) is 0 Å². The smallest absolute Gasteiger partial charge is 0.233 e. The molecule has 1 atom stereocenters. The third-order valence-electron chi connectivity index (χ3n) is 1.99. The van der Waals surface area contributed by atoms with Gasteiger partial charge in [-0.1, -0.05) is 5.92 Å². The lowest BCUT2D eigenvalue weighted by molar-refractivity contribution is 0.259. The molecule has 5 heteroatoms. The summed E-state index contributed by atoms with van der Waals surface area (Å²) in [6.07, 6.45) is 5.85. The molecule has 1 aromatic rings. The van der Waals surface area contributed by atoms with Gasteiger partial charge >= 0.3 is 0 Å². The number of aryl methyl sites for hydroxylation is 1. The summed E-state index contributed by atoms with van der Waals surface area (Å²) < 4.78 is 5.49. The molecule has 15 heavy (non-hydrogen) atoms. The van der Waals surface area contributed by atoms with Crippen molar-refractivity contribution >= 4 is 23.4 Å². The summed E-state index contributed by atoms with van der Waals surface area (Å²) in [7, 11) is 0. The molecule has 2 rings (SSSR count). The first kappa shape index (κ1) is 10.6. The van der Waals surface area contributed by atoms with Crippen LogP contribution < -0.4 is 4.74 Å². The Labute approximate surface area is 97.6 Å². The van der Waals surface area contributed by atoms with E-state index in [4.69, 9.17) is 22.8 Å². The first-order valence-corrected chi connectivity index (χ1v) is 5.89. The van der Waals surface area contributed by atoms with Gasteiger partial charge in [-0.05, 0) is 18.5 Å². The first-order valence-electron chi connectivity index (χ1n) is 4.52. The molecule has 1 aliphatic rings. The molecule has 0 saturated carbocycles. The van der Waals surface area contributed by atoms with Crippen LogP contribution in [0.15, 0.2) is 4.90 Å². The van der Waals surface area contributed by atoms with E-state index < -0.39 is 0 Å². The molecule has 0 bridgehead atoms. The van der Waals surface area contributed by atoms with Crippen LogP contribution in [0.3, 0.4) is 0 Å². The van der Waals surface area contributed by atoms with E-state index in [2.05, 4.69) is 15.9 Å². The molecule has 1 aromatic heterocycles. The maximum atomic E-state index is 5.79. The van der Waals surface area contributed by atoms with Crippen molar-refractivity contribution in [3.8, 4) is 18.2 Å². The zero-order valence-electron chi connectivity index (χ0n) is 8.16. The Morgan fingerprint density at radius 1 is 1.60 bits per heavy atom. The van der Waals surface area contributed by atoms with Gasteiger partial charge in [-0.2, -0.15) is 4.98 Å². The molecule has 0 fully saturated rings. The molecule has 2 heterocycles. The van der Waals surface area contributed by atoms with Crippen molar-refractivity contribution in [1.29, 1.82) is 0 Å². The van der Waals surface area contributed by atoms with Crippen LogP contribution in [0.25, 0.3) is 0 Å². The van der Waals surface area contributed by atoms with Crippen LogP contribution >= 0.6 is 23.4 Å². The Morgan fingerprint density at radius 3 is 3.13 bits per heavy atom. The number of hydrogen-bond donors (Lipinski definition) is 0. The second-order valence-electron chi connectivity index (χ2n) is 3.10. The van der Waals surface area contributed by atoms with E-state index in [0.717, 1.165) is 22.8 Å². The van der Waals surface area contributed by atoms with Crippen LogP contribution in [-0.4, -0.2) is 21.8 Å². The number of rotatable bonds is 2. The predicted octanol–water partition coefficient (Wildman–Crippen LogP) is 2.18. The van der Waals surface area contributed by atoms with E-state index in [9.17, 15) is 0 Å². The van der Waals surface area contributed by atoms with Gasteiger partial charge in [0.1, 0.15) is 0 Å². The van der Waals surface area contributed by atoms with Gasteiger partial charge in [-0.3, -0.25) is 0 Å². The van der Waals surface area contributed by atoms with E-state index >= 15 is 0 Å². The van der Waals surface area contributed by atoms with E-state index in [1.165, 1.54) is 0 Å². The number of terminal acetylenes is 1. The predicted molar refractivity (Wildman–Crippen MR) is 60.4 cm³/mol. The molecule has 1 aliphatic heterocycles. The minimum atomic E-state index is -0.304. The number of thioether (sulfide) groups is 1. The van der Waals surface area contributed by atoms with Gasteiger partial charge < -0.3 is 4.74 Å². The Bertz CT molecular complexity index is 430. The van der Waals surface area contributed by atoms with Gasteiger partial charge in [0.15, 0.2) is 6.10 Å². The molecule has 0 saturated heterocycles. The Kier molecular flexibility index (Phi) is 3.03. The van der Waals surface area contributed by atoms with Crippen LogP contribution in [-0.2, 0) is 6.42 Å². The third kappa shape index (κ3) is 2.19. The van der Waals surface area contributed by atoms with Gasteiger partial charge in [0.05, 0.1) is 10.6 Å². The maximum absolute atomic E-state index is 5.79. The second-order valence-corrected chi connectivity index (χ2v) is 4.54. The molecule has 1 unspecified atom stereocenters. The molecule has 0 spiro atoms. The zero-order chi connectivity index (χ0) is 10.8. The summed E-state index contributed by atoms with van der Waals surface area (Å²) in [5, 5.41) is 0.218. The Balaban J connectivity index is 2.35. The number of fused-ring (bicyclic) bond motifs is 1. The van der Waals surface area contributed by atoms with Crippen molar-refractivity contribution < 1.29 is 4.74 Å². The fourth-order valence-corrected chi connectivity index (χ4v) is 2.50. The van der Waals surface area contributed by atoms with Crippen molar-refractivity contribution in [2.24, 2.45) is 0 Å². The van der Waals surface area contributed by atoms with Crippen LogP contribution in [0.4, 0.5) is 0 Å². The quantitative estimate of drug-likeness (QED) is 0.586. The molecule has 3 nitrogen and oxygen atoms in total. The SMILES string of the molecule is C#CC(C)Oc1nc(Cl)nc2c1SCC2. The van der Waals surface area contributed by atoms with E-state index in [-0.39, 0.29) is 11.4 Å². The highest BCUT2D eigenvalue weighted by atomic mass is 35.5. The highest BCUT2D eigenvalue weighted by Gasteiger charge is 2.21. The number of hydrogen-bond acceptors (Lipinski definition) is 4. The Hall–Kier alpha value is -0.920. The second kappa shape index (κ2) is 4.30. The molecular weight excluding hydrogens is 232 g/mol. The average Bonchev–Trinajstić information content (AvgIpc) is 2.65. The van der Waals surface area contributed by atoms with Gasteiger partial charge in [-0.25, -0.2) is 4.98 Å². The molecule has 0 aromatic carbocycles. The van der Waals surface area contributed by atoms with E-state index in [1.54, 1.807) is 18.7 Å². The molecule has 78 valence electrons. The lowest BCUT2D eigenvalue weighted by Gasteiger charge is -2.10. The van der Waals surface area contributed by atoms with Crippen LogP contribution in [0.2, 0.25) is 5.28 Å². The van der Waals surface area contributed by atoms with Crippen LogP contribution in [0.1, 0.15) is 12.6 Å². The largest absolute Gasteiger partial charge is 0.461 e. The monoisotopic (exact) mass is 240 g/mol. The number of aromatic nitrogens is 2. The summed E-state index contributed by atoms with van der Waals surface area (Å²) in [5.41, 5.74) is 0.958. The third-order valence-corrected chi connectivity index (χ3v) is 3.26. The molecular formula is C10H9ClN2OS. The minimum Gasteiger partial charge on any atom is -0.461 e. The van der Waals surface area contributed by atoms with Crippen molar-refractivity contribution in [2.75, 3.05) is 5.75 Å². The van der Waals surface area contributed by atoms with Crippen molar-refractivity contribution in [3.63, 3.8) is 0 Å². The average molecular weight is 241 g/mol. The van der Waals surface area contributed by atoms with Crippen LogP contribution in [0, 0.1) is 12.3 Å². The topological polar surface area (TPSA) is 35.0 Å². The van der Waals surface area contributed by atoms with Crippen molar-refractivity contribution in [1.82, 2.24) is 9.97 Å². The van der Waals surface area contributed by atoms with Crippen LogP contribution in [0.5, 0.6) is 5.88 Å².